The van der Waals surface area contributed by atoms with E-state index in [-0.39, 0.29) is 11.0 Å². The predicted octanol–water partition coefficient (Wildman–Crippen LogP) is 1.83. The number of amides is 1. The topological polar surface area (TPSA) is 55.1 Å². The van der Waals surface area contributed by atoms with Gasteiger partial charge in [0.05, 0.1) is 0 Å². The van der Waals surface area contributed by atoms with Crippen molar-refractivity contribution in [3.63, 3.8) is 0 Å². The Balaban J connectivity index is 4.22. The summed E-state index contributed by atoms with van der Waals surface area (Å²) in [6.07, 6.45) is 4.25. The van der Waals surface area contributed by atoms with Gasteiger partial charge in [0.25, 0.3) is 0 Å². The van der Waals surface area contributed by atoms with Gasteiger partial charge in [0.2, 0.25) is 5.91 Å². The minimum Gasteiger partial charge on any atom is -0.366 e. The van der Waals surface area contributed by atoms with E-state index in [9.17, 15) is 4.79 Å². The lowest BCUT2D eigenvalue weighted by Crippen LogP contribution is -2.51. The van der Waals surface area contributed by atoms with Crippen molar-refractivity contribution in [1.29, 1.82) is 0 Å². The second-order valence-electron chi connectivity index (χ2n) is 5.05. The molecule has 3 heteroatoms. The maximum Gasteiger partial charge on any atom is 0.241 e. The number of carbonyl (C=O) groups is 1. The first kappa shape index (κ1) is 14.2. The van der Waals surface area contributed by atoms with Gasteiger partial charge in [-0.1, -0.05) is 26.8 Å². The monoisotopic (exact) mass is 212 g/mol. The first-order chi connectivity index (χ1) is 6.73. The Hall–Kier alpha value is -0.830. The smallest absolute Gasteiger partial charge is 0.241 e. The Bertz CT molecular complexity index is 242. The van der Waals surface area contributed by atoms with Gasteiger partial charge < -0.3 is 11.1 Å². The summed E-state index contributed by atoms with van der Waals surface area (Å²) < 4.78 is 0. The van der Waals surface area contributed by atoms with E-state index >= 15 is 0 Å². The lowest BCUT2D eigenvalue weighted by Gasteiger charge is -2.42. The molecule has 0 rings (SSSR count). The molecule has 0 fully saturated rings. The molecule has 0 saturated carbocycles. The lowest BCUT2D eigenvalue weighted by atomic mass is 9.72. The van der Waals surface area contributed by atoms with E-state index in [1.54, 1.807) is 6.08 Å². The second kappa shape index (κ2) is 5.31. The van der Waals surface area contributed by atoms with Gasteiger partial charge in [0.15, 0.2) is 0 Å². The molecule has 0 unspecified atom stereocenters. The largest absolute Gasteiger partial charge is 0.366 e. The van der Waals surface area contributed by atoms with Gasteiger partial charge in [-0.2, -0.15) is 0 Å². The average Bonchev–Trinajstić information content (AvgIpc) is 2.12. The molecule has 0 aromatic heterocycles. The van der Waals surface area contributed by atoms with Crippen molar-refractivity contribution < 1.29 is 4.79 Å². The normalized spacial score (nSPS) is 13.4. The summed E-state index contributed by atoms with van der Waals surface area (Å²) in [6, 6.07) is 0. The van der Waals surface area contributed by atoms with E-state index in [1.165, 1.54) is 6.08 Å². The van der Waals surface area contributed by atoms with Gasteiger partial charge in [-0.3, -0.25) is 4.79 Å². The first-order valence-electron chi connectivity index (χ1n) is 5.44. The Labute approximate surface area is 93.1 Å². The molecular weight excluding hydrogens is 188 g/mol. The van der Waals surface area contributed by atoms with Crippen LogP contribution in [0, 0.1) is 5.41 Å². The highest BCUT2D eigenvalue weighted by molar-refractivity contribution is 5.85. The Kier molecular flexibility index (Phi) is 5.01. The SMILES string of the molecule is CCC(C)(C)C(C)(C)NC/C=C/C(N)=O. The highest BCUT2D eigenvalue weighted by atomic mass is 16.1. The minimum absolute atomic E-state index is 0.0315. The molecule has 0 saturated heterocycles. The summed E-state index contributed by atoms with van der Waals surface area (Å²) in [5.74, 6) is -0.399. The Morgan fingerprint density at radius 3 is 2.27 bits per heavy atom. The average molecular weight is 212 g/mol. The molecule has 0 heterocycles. The maximum atomic E-state index is 10.5. The molecule has 0 spiro atoms. The van der Waals surface area contributed by atoms with E-state index < -0.39 is 5.91 Å². The quantitative estimate of drug-likeness (QED) is 0.660. The molecule has 0 aliphatic rings. The van der Waals surface area contributed by atoms with Gasteiger partial charge in [0.1, 0.15) is 0 Å². The third-order valence-electron chi connectivity index (χ3n) is 3.52. The van der Waals surface area contributed by atoms with E-state index in [2.05, 4.69) is 39.9 Å². The third kappa shape index (κ3) is 4.47. The van der Waals surface area contributed by atoms with Crippen molar-refractivity contribution in [2.24, 2.45) is 11.1 Å². The van der Waals surface area contributed by atoms with Crippen LogP contribution < -0.4 is 11.1 Å². The summed E-state index contributed by atoms with van der Waals surface area (Å²) in [5.41, 5.74) is 5.25. The van der Waals surface area contributed by atoms with E-state index in [0.717, 1.165) is 6.42 Å². The standard InChI is InChI=1S/C12H24N2O/c1-6-11(2,3)12(4,5)14-9-7-8-10(13)15/h7-8,14H,6,9H2,1-5H3,(H2,13,15)/b8-7+. The molecule has 15 heavy (non-hydrogen) atoms. The van der Waals surface area contributed by atoms with Gasteiger partial charge >= 0.3 is 0 Å². The number of nitrogens with two attached hydrogens (primary N) is 1. The van der Waals surface area contributed by atoms with Gasteiger partial charge in [-0.25, -0.2) is 0 Å². The molecule has 0 bridgehead atoms. The fraction of sp³-hybridized carbons (Fsp3) is 0.750. The van der Waals surface area contributed by atoms with Crippen LogP contribution in [0.1, 0.15) is 41.0 Å². The van der Waals surface area contributed by atoms with Crippen molar-refractivity contribution in [3.05, 3.63) is 12.2 Å². The first-order valence-corrected chi connectivity index (χ1v) is 5.44. The van der Waals surface area contributed by atoms with Crippen LogP contribution in [0.3, 0.4) is 0 Å². The van der Waals surface area contributed by atoms with E-state index in [0.29, 0.717) is 6.54 Å². The van der Waals surface area contributed by atoms with Crippen molar-refractivity contribution in [2.75, 3.05) is 6.54 Å². The predicted molar refractivity (Wildman–Crippen MR) is 64.5 cm³/mol. The van der Waals surface area contributed by atoms with Crippen LogP contribution in [-0.4, -0.2) is 18.0 Å². The van der Waals surface area contributed by atoms with Gasteiger partial charge in [-0.15, -0.1) is 0 Å². The van der Waals surface area contributed by atoms with Crippen molar-refractivity contribution >= 4 is 5.91 Å². The number of rotatable bonds is 6. The van der Waals surface area contributed by atoms with Crippen LogP contribution in [0.25, 0.3) is 0 Å². The molecule has 0 radical (unpaired) electrons. The fourth-order valence-electron chi connectivity index (χ4n) is 1.17. The summed E-state index contributed by atoms with van der Waals surface area (Å²) in [4.78, 5) is 10.5. The molecule has 0 atom stereocenters. The highest BCUT2D eigenvalue weighted by Gasteiger charge is 2.34. The van der Waals surface area contributed by atoms with Crippen LogP contribution in [-0.2, 0) is 4.79 Å². The summed E-state index contributed by atoms with van der Waals surface area (Å²) >= 11 is 0. The maximum absolute atomic E-state index is 10.5. The Morgan fingerprint density at radius 2 is 1.87 bits per heavy atom. The van der Waals surface area contributed by atoms with Crippen LogP contribution in [0.5, 0.6) is 0 Å². The zero-order chi connectivity index (χ0) is 12.1. The molecule has 0 aromatic rings. The van der Waals surface area contributed by atoms with Crippen LogP contribution in [0.2, 0.25) is 0 Å². The molecule has 0 aliphatic heterocycles. The minimum atomic E-state index is -0.399. The third-order valence-corrected chi connectivity index (χ3v) is 3.52. The van der Waals surface area contributed by atoms with E-state index in [4.69, 9.17) is 5.73 Å². The zero-order valence-corrected chi connectivity index (χ0v) is 10.6. The number of hydrogen-bond acceptors (Lipinski definition) is 2. The van der Waals surface area contributed by atoms with Crippen molar-refractivity contribution in [3.8, 4) is 0 Å². The molecule has 3 nitrogen and oxygen atoms in total. The number of nitrogens with one attached hydrogen (secondary N) is 1. The van der Waals surface area contributed by atoms with Crippen LogP contribution in [0.15, 0.2) is 12.2 Å². The molecule has 3 N–H and O–H groups in total. The van der Waals surface area contributed by atoms with Crippen molar-refractivity contribution in [1.82, 2.24) is 5.32 Å². The van der Waals surface area contributed by atoms with Gasteiger partial charge in [-0.05, 0) is 31.8 Å². The zero-order valence-electron chi connectivity index (χ0n) is 10.6. The highest BCUT2D eigenvalue weighted by Crippen LogP contribution is 2.33. The van der Waals surface area contributed by atoms with Crippen molar-refractivity contribution in [2.45, 2.75) is 46.6 Å². The number of primary amides is 1. The van der Waals surface area contributed by atoms with Gasteiger partial charge in [0, 0.05) is 12.1 Å². The summed E-state index contributed by atoms with van der Waals surface area (Å²) in [5, 5.41) is 3.41. The van der Waals surface area contributed by atoms with E-state index in [1.807, 2.05) is 0 Å². The Morgan fingerprint density at radius 1 is 1.33 bits per heavy atom. The number of carbonyl (C=O) groups excluding carboxylic acids is 1. The molecule has 0 aromatic carbocycles. The summed E-state index contributed by atoms with van der Waals surface area (Å²) in [7, 11) is 0. The van der Waals surface area contributed by atoms with Crippen LogP contribution in [0.4, 0.5) is 0 Å². The molecular formula is C12H24N2O. The molecule has 0 aliphatic carbocycles. The molecule has 88 valence electrons. The number of hydrogen-bond donors (Lipinski definition) is 2. The van der Waals surface area contributed by atoms with Crippen LogP contribution >= 0.6 is 0 Å². The fourth-order valence-corrected chi connectivity index (χ4v) is 1.17. The molecule has 1 amide bonds. The second-order valence-corrected chi connectivity index (χ2v) is 5.05. The lowest BCUT2D eigenvalue weighted by molar-refractivity contribution is -0.113. The summed E-state index contributed by atoms with van der Waals surface area (Å²) in [6.45, 7) is 11.7.